The second-order valence-electron chi connectivity index (χ2n) is 3.91. The van der Waals surface area contributed by atoms with Crippen LogP contribution in [0.15, 0.2) is 9.85 Å². The molecule has 0 amide bonds. The Morgan fingerprint density at radius 2 is 2.20 bits per heavy atom. The molecule has 1 unspecified atom stereocenters. The first-order valence-electron chi connectivity index (χ1n) is 5.16. The first-order chi connectivity index (χ1) is 7.18. The standard InChI is InChI=1S/C11H14BrClOS/c1-7-9(6-10(12)15-7)11(13)8-2-4-14-5-3-8/h6,8,11H,2-5H2,1H3. The van der Waals surface area contributed by atoms with Crippen molar-refractivity contribution in [1.29, 1.82) is 0 Å². The molecule has 1 aliphatic heterocycles. The van der Waals surface area contributed by atoms with Crippen LogP contribution >= 0.6 is 38.9 Å². The van der Waals surface area contributed by atoms with Gasteiger partial charge in [-0.2, -0.15) is 0 Å². The molecule has 1 nitrogen and oxygen atoms in total. The van der Waals surface area contributed by atoms with E-state index in [2.05, 4.69) is 28.9 Å². The zero-order chi connectivity index (χ0) is 10.8. The number of thiophene rings is 1. The normalized spacial score (nSPS) is 20.5. The van der Waals surface area contributed by atoms with Crippen molar-refractivity contribution in [2.45, 2.75) is 25.1 Å². The van der Waals surface area contributed by atoms with E-state index in [1.807, 2.05) is 0 Å². The van der Waals surface area contributed by atoms with Crippen molar-refractivity contribution in [2.24, 2.45) is 5.92 Å². The summed E-state index contributed by atoms with van der Waals surface area (Å²) in [7, 11) is 0. The van der Waals surface area contributed by atoms with E-state index in [0.29, 0.717) is 5.92 Å². The average Bonchev–Trinajstić information content (AvgIpc) is 2.58. The van der Waals surface area contributed by atoms with E-state index in [-0.39, 0.29) is 5.38 Å². The lowest BCUT2D eigenvalue weighted by Crippen LogP contribution is -2.19. The molecule has 0 N–H and O–H groups in total. The van der Waals surface area contributed by atoms with Gasteiger partial charge in [-0.3, -0.25) is 0 Å². The summed E-state index contributed by atoms with van der Waals surface area (Å²) in [6.45, 7) is 3.86. The largest absolute Gasteiger partial charge is 0.381 e. The van der Waals surface area contributed by atoms with Crippen LogP contribution in [0.4, 0.5) is 0 Å². The minimum absolute atomic E-state index is 0.149. The number of ether oxygens (including phenoxy) is 1. The molecule has 1 fully saturated rings. The third kappa shape index (κ3) is 2.76. The van der Waals surface area contributed by atoms with E-state index in [1.165, 1.54) is 14.2 Å². The summed E-state index contributed by atoms with van der Waals surface area (Å²) in [6, 6.07) is 2.16. The van der Waals surface area contributed by atoms with E-state index in [9.17, 15) is 0 Å². The highest BCUT2D eigenvalue weighted by atomic mass is 79.9. The van der Waals surface area contributed by atoms with Gasteiger partial charge in [-0.25, -0.2) is 0 Å². The summed E-state index contributed by atoms with van der Waals surface area (Å²) in [5, 5.41) is 0.149. The second kappa shape index (κ2) is 5.17. The first kappa shape index (κ1) is 11.9. The van der Waals surface area contributed by atoms with Crippen molar-refractivity contribution in [3.63, 3.8) is 0 Å². The summed E-state index contributed by atoms with van der Waals surface area (Å²) in [5.74, 6) is 0.570. The van der Waals surface area contributed by atoms with Gasteiger partial charge in [-0.1, -0.05) is 0 Å². The molecule has 15 heavy (non-hydrogen) atoms. The van der Waals surface area contributed by atoms with Gasteiger partial charge in [0.2, 0.25) is 0 Å². The van der Waals surface area contributed by atoms with E-state index in [4.69, 9.17) is 16.3 Å². The van der Waals surface area contributed by atoms with Crippen molar-refractivity contribution in [2.75, 3.05) is 13.2 Å². The lowest BCUT2D eigenvalue weighted by atomic mass is 9.92. The van der Waals surface area contributed by atoms with Crippen LogP contribution < -0.4 is 0 Å². The molecular weight excluding hydrogens is 296 g/mol. The van der Waals surface area contributed by atoms with Crippen LogP contribution in [0.5, 0.6) is 0 Å². The molecule has 1 atom stereocenters. The maximum atomic E-state index is 6.53. The Kier molecular flexibility index (Phi) is 4.10. The monoisotopic (exact) mass is 308 g/mol. The van der Waals surface area contributed by atoms with Crippen LogP contribution in [0.2, 0.25) is 0 Å². The predicted molar refractivity (Wildman–Crippen MR) is 68.9 cm³/mol. The van der Waals surface area contributed by atoms with Gasteiger partial charge >= 0.3 is 0 Å². The quantitative estimate of drug-likeness (QED) is 0.730. The fraction of sp³-hybridized carbons (Fsp3) is 0.636. The Morgan fingerprint density at radius 3 is 2.73 bits per heavy atom. The SMILES string of the molecule is Cc1sc(Br)cc1C(Cl)C1CCOCC1. The average molecular weight is 310 g/mol. The number of halogens is 2. The van der Waals surface area contributed by atoms with Crippen molar-refractivity contribution in [3.05, 3.63) is 20.3 Å². The minimum Gasteiger partial charge on any atom is -0.381 e. The van der Waals surface area contributed by atoms with Gasteiger partial charge in [-0.15, -0.1) is 22.9 Å². The van der Waals surface area contributed by atoms with Crippen molar-refractivity contribution in [1.82, 2.24) is 0 Å². The van der Waals surface area contributed by atoms with Gasteiger partial charge < -0.3 is 4.74 Å². The van der Waals surface area contributed by atoms with Gasteiger partial charge in [0.1, 0.15) is 0 Å². The molecule has 1 aliphatic rings. The van der Waals surface area contributed by atoms with Crippen molar-refractivity contribution < 1.29 is 4.74 Å². The van der Waals surface area contributed by atoms with Gasteiger partial charge in [0.15, 0.2) is 0 Å². The molecule has 1 aromatic rings. The van der Waals surface area contributed by atoms with Crippen molar-refractivity contribution >= 4 is 38.9 Å². The summed E-state index contributed by atoms with van der Waals surface area (Å²) >= 11 is 11.8. The Labute approximate surface area is 108 Å². The summed E-state index contributed by atoms with van der Waals surface area (Å²) in [4.78, 5) is 1.33. The molecule has 4 heteroatoms. The number of rotatable bonds is 2. The van der Waals surface area contributed by atoms with E-state index in [1.54, 1.807) is 11.3 Å². The van der Waals surface area contributed by atoms with Crippen LogP contribution in [-0.4, -0.2) is 13.2 Å². The Morgan fingerprint density at radius 1 is 1.53 bits per heavy atom. The highest BCUT2D eigenvalue weighted by Gasteiger charge is 2.25. The van der Waals surface area contributed by atoms with Crippen molar-refractivity contribution in [3.8, 4) is 0 Å². The molecular formula is C11H14BrClOS. The Hall–Kier alpha value is 0.430. The first-order valence-corrected chi connectivity index (χ1v) is 7.20. The van der Waals surface area contributed by atoms with Gasteiger partial charge in [0, 0.05) is 18.1 Å². The van der Waals surface area contributed by atoms with E-state index >= 15 is 0 Å². The topological polar surface area (TPSA) is 9.23 Å². The lowest BCUT2D eigenvalue weighted by molar-refractivity contribution is 0.0650. The fourth-order valence-corrected chi connectivity index (χ4v) is 4.30. The summed E-state index contributed by atoms with van der Waals surface area (Å²) in [6.07, 6.45) is 2.17. The van der Waals surface area contributed by atoms with Crippen LogP contribution in [0.1, 0.15) is 28.7 Å². The highest BCUT2D eigenvalue weighted by molar-refractivity contribution is 9.11. The van der Waals surface area contributed by atoms with E-state index < -0.39 is 0 Å². The molecule has 1 saturated heterocycles. The lowest BCUT2D eigenvalue weighted by Gasteiger charge is -2.26. The number of hydrogen-bond donors (Lipinski definition) is 0. The second-order valence-corrected chi connectivity index (χ2v) is 7.02. The molecule has 1 aromatic heterocycles. The molecule has 0 saturated carbocycles. The molecule has 2 rings (SSSR count). The molecule has 0 bridgehead atoms. The Balaban J connectivity index is 2.12. The third-order valence-corrected chi connectivity index (χ3v) is 5.06. The molecule has 0 aliphatic carbocycles. The maximum absolute atomic E-state index is 6.53. The molecule has 84 valence electrons. The minimum atomic E-state index is 0.149. The Bertz CT molecular complexity index is 333. The molecule has 0 spiro atoms. The number of hydrogen-bond acceptors (Lipinski definition) is 2. The smallest absolute Gasteiger partial charge is 0.0704 e. The zero-order valence-electron chi connectivity index (χ0n) is 8.63. The molecule has 0 aromatic carbocycles. The molecule has 0 radical (unpaired) electrons. The predicted octanol–water partition coefficient (Wildman–Crippen LogP) is 4.53. The highest BCUT2D eigenvalue weighted by Crippen LogP contribution is 2.40. The maximum Gasteiger partial charge on any atom is 0.0704 e. The fourth-order valence-electron chi connectivity index (χ4n) is 1.99. The van der Waals surface area contributed by atoms with Crippen LogP contribution in [0.3, 0.4) is 0 Å². The number of aryl methyl sites for hydroxylation is 1. The molecule has 2 heterocycles. The third-order valence-electron chi connectivity index (χ3n) is 2.90. The van der Waals surface area contributed by atoms with Gasteiger partial charge in [0.25, 0.3) is 0 Å². The van der Waals surface area contributed by atoms with Crippen LogP contribution in [0.25, 0.3) is 0 Å². The van der Waals surface area contributed by atoms with Crippen LogP contribution in [-0.2, 0) is 4.74 Å². The summed E-state index contributed by atoms with van der Waals surface area (Å²) < 4.78 is 6.53. The van der Waals surface area contributed by atoms with Gasteiger partial charge in [-0.05, 0) is 53.2 Å². The van der Waals surface area contributed by atoms with Gasteiger partial charge in [0.05, 0.1) is 9.16 Å². The van der Waals surface area contributed by atoms with E-state index in [0.717, 1.165) is 26.1 Å². The summed E-state index contributed by atoms with van der Waals surface area (Å²) in [5.41, 5.74) is 1.29. The van der Waals surface area contributed by atoms with Crippen LogP contribution in [0, 0.1) is 12.8 Å². The zero-order valence-corrected chi connectivity index (χ0v) is 11.8. The number of alkyl halides is 1.